The number of nitrogens with zero attached hydrogens (tertiary/aromatic N) is 1. The van der Waals surface area contributed by atoms with Crippen LogP contribution in [0.25, 0.3) is 33.5 Å². The number of benzene rings is 3. The number of nitrogen functional groups attached to an aromatic ring is 1. The number of aromatic nitrogens is 2. The first-order valence-electron chi connectivity index (χ1n) is 7.21. The normalized spacial score (nSPS) is 10.9. The Hall–Kier alpha value is -3.07. The molecule has 3 heteroatoms. The molecule has 0 unspecified atom stereocenters. The number of hydrogen-bond acceptors (Lipinski definition) is 2. The van der Waals surface area contributed by atoms with Gasteiger partial charge in [0.25, 0.3) is 0 Å². The van der Waals surface area contributed by atoms with E-state index in [2.05, 4.69) is 34.2 Å². The Morgan fingerprint density at radius 1 is 0.773 bits per heavy atom. The van der Waals surface area contributed by atoms with E-state index in [9.17, 15) is 0 Å². The van der Waals surface area contributed by atoms with E-state index in [-0.39, 0.29) is 0 Å². The molecule has 0 fully saturated rings. The van der Waals surface area contributed by atoms with Gasteiger partial charge in [0.15, 0.2) is 0 Å². The van der Waals surface area contributed by atoms with E-state index in [1.54, 1.807) is 0 Å². The van der Waals surface area contributed by atoms with Crippen molar-refractivity contribution >= 4 is 16.7 Å². The molecule has 0 atom stereocenters. The van der Waals surface area contributed by atoms with Crippen molar-refractivity contribution in [3.8, 4) is 22.5 Å². The molecule has 0 bridgehead atoms. The number of imidazole rings is 1. The Morgan fingerprint density at radius 2 is 1.55 bits per heavy atom. The lowest BCUT2D eigenvalue weighted by atomic mass is 10.1. The van der Waals surface area contributed by atoms with Crippen molar-refractivity contribution in [2.45, 2.75) is 0 Å². The summed E-state index contributed by atoms with van der Waals surface area (Å²) in [5, 5.41) is 0. The monoisotopic (exact) mass is 285 g/mol. The zero-order valence-electron chi connectivity index (χ0n) is 12.0. The quantitative estimate of drug-likeness (QED) is 0.533. The van der Waals surface area contributed by atoms with Crippen molar-refractivity contribution in [1.82, 2.24) is 9.97 Å². The predicted octanol–water partition coefficient (Wildman–Crippen LogP) is 4.48. The topological polar surface area (TPSA) is 54.7 Å². The van der Waals surface area contributed by atoms with Gasteiger partial charge in [0.1, 0.15) is 5.82 Å². The molecule has 1 heterocycles. The number of H-pyrrole nitrogens is 1. The van der Waals surface area contributed by atoms with Crippen LogP contribution < -0.4 is 5.73 Å². The van der Waals surface area contributed by atoms with Crippen LogP contribution in [0.4, 0.5) is 5.69 Å². The van der Waals surface area contributed by atoms with Gasteiger partial charge in [-0.15, -0.1) is 0 Å². The van der Waals surface area contributed by atoms with Crippen molar-refractivity contribution in [2.24, 2.45) is 0 Å². The highest BCUT2D eigenvalue weighted by molar-refractivity contribution is 5.86. The van der Waals surface area contributed by atoms with E-state index in [0.29, 0.717) is 0 Å². The number of nitrogens with one attached hydrogen (secondary N) is 1. The minimum Gasteiger partial charge on any atom is -0.398 e. The third-order valence-corrected chi connectivity index (χ3v) is 3.80. The number of hydrogen-bond donors (Lipinski definition) is 2. The van der Waals surface area contributed by atoms with Gasteiger partial charge in [-0.25, -0.2) is 4.98 Å². The third kappa shape index (κ3) is 2.13. The highest BCUT2D eigenvalue weighted by atomic mass is 14.9. The highest BCUT2D eigenvalue weighted by Gasteiger charge is 2.08. The first-order valence-corrected chi connectivity index (χ1v) is 7.21. The van der Waals surface area contributed by atoms with Crippen molar-refractivity contribution in [3.05, 3.63) is 72.8 Å². The SMILES string of the molecule is Nc1ccccc1-c1nc2ccc(-c3ccccc3)cc2[nH]1. The van der Waals surface area contributed by atoms with E-state index in [1.807, 2.05) is 48.5 Å². The molecule has 0 spiro atoms. The summed E-state index contributed by atoms with van der Waals surface area (Å²) in [6, 6.07) is 24.3. The Kier molecular flexibility index (Phi) is 2.90. The van der Waals surface area contributed by atoms with Crippen LogP contribution in [0, 0.1) is 0 Å². The maximum atomic E-state index is 6.04. The number of fused-ring (bicyclic) bond motifs is 1. The Balaban J connectivity index is 1.84. The molecule has 4 aromatic rings. The molecule has 0 radical (unpaired) electrons. The summed E-state index contributed by atoms with van der Waals surface area (Å²) in [7, 11) is 0. The van der Waals surface area contributed by atoms with Crippen LogP contribution in [0.1, 0.15) is 0 Å². The molecule has 22 heavy (non-hydrogen) atoms. The summed E-state index contributed by atoms with van der Waals surface area (Å²) < 4.78 is 0. The van der Waals surface area contributed by atoms with E-state index in [0.717, 1.165) is 28.1 Å². The van der Waals surface area contributed by atoms with Gasteiger partial charge < -0.3 is 10.7 Å². The molecule has 3 aromatic carbocycles. The fraction of sp³-hybridized carbons (Fsp3) is 0. The summed E-state index contributed by atoms with van der Waals surface area (Å²) in [5.41, 5.74) is 12.0. The summed E-state index contributed by atoms with van der Waals surface area (Å²) in [5.74, 6) is 0.804. The smallest absolute Gasteiger partial charge is 0.140 e. The van der Waals surface area contributed by atoms with E-state index in [4.69, 9.17) is 5.73 Å². The van der Waals surface area contributed by atoms with Crippen LogP contribution in [0.3, 0.4) is 0 Å². The summed E-state index contributed by atoms with van der Waals surface area (Å²) >= 11 is 0. The molecule has 0 saturated heterocycles. The maximum absolute atomic E-state index is 6.04. The van der Waals surface area contributed by atoms with E-state index >= 15 is 0 Å². The van der Waals surface area contributed by atoms with Gasteiger partial charge in [0.2, 0.25) is 0 Å². The summed E-state index contributed by atoms with van der Waals surface area (Å²) in [6.07, 6.45) is 0. The zero-order chi connectivity index (χ0) is 14.9. The number of aromatic amines is 1. The highest BCUT2D eigenvalue weighted by Crippen LogP contribution is 2.28. The van der Waals surface area contributed by atoms with Crippen molar-refractivity contribution < 1.29 is 0 Å². The molecule has 106 valence electrons. The second-order valence-electron chi connectivity index (χ2n) is 5.27. The van der Waals surface area contributed by atoms with Crippen LogP contribution >= 0.6 is 0 Å². The van der Waals surface area contributed by atoms with Gasteiger partial charge in [-0.1, -0.05) is 48.5 Å². The van der Waals surface area contributed by atoms with E-state index in [1.165, 1.54) is 11.1 Å². The molecule has 0 aliphatic rings. The molecule has 0 aliphatic carbocycles. The van der Waals surface area contributed by atoms with Gasteiger partial charge in [0.05, 0.1) is 11.0 Å². The van der Waals surface area contributed by atoms with Gasteiger partial charge in [-0.3, -0.25) is 0 Å². The van der Waals surface area contributed by atoms with Gasteiger partial charge in [-0.2, -0.15) is 0 Å². The Labute approximate surface area is 128 Å². The number of para-hydroxylation sites is 1. The number of anilines is 1. The van der Waals surface area contributed by atoms with Gasteiger partial charge >= 0.3 is 0 Å². The lowest BCUT2D eigenvalue weighted by molar-refractivity contribution is 1.34. The minimum absolute atomic E-state index is 0.727. The second kappa shape index (κ2) is 5.04. The number of rotatable bonds is 2. The minimum atomic E-state index is 0.727. The predicted molar refractivity (Wildman–Crippen MR) is 91.4 cm³/mol. The first-order chi connectivity index (χ1) is 10.8. The lowest BCUT2D eigenvalue weighted by Gasteiger charge is -2.00. The average Bonchev–Trinajstić information content (AvgIpc) is 2.99. The van der Waals surface area contributed by atoms with Crippen molar-refractivity contribution in [1.29, 1.82) is 0 Å². The van der Waals surface area contributed by atoms with Gasteiger partial charge in [-0.05, 0) is 35.4 Å². The van der Waals surface area contributed by atoms with E-state index < -0.39 is 0 Å². The zero-order valence-corrected chi connectivity index (χ0v) is 12.0. The standard InChI is InChI=1S/C19H15N3/c20-16-9-5-4-8-15(16)19-21-17-11-10-14(12-18(17)22-19)13-6-2-1-3-7-13/h1-12H,20H2,(H,21,22). The fourth-order valence-electron chi connectivity index (χ4n) is 2.66. The molecule has 0 saturated carbocycles. The van der Waals surface area contributed by atoms with Gasteiger partial charge in [0, 0.05) is 11.3 Å². The van der Waals surface area contributed by atoms with Crippen LogP contribution in [0.2, 0.25) is 0 Å². The van der Waals surface area contributed by atoms with Crippen LogP contribution in [-0.2, 0) is 0 Å². The second-order valence-corrected chi connectivity index (χ2v) is 5.27. The molecule has 3 N–H and O–H groups in total. The van der Waals surface area contributed by atoms with Crippen LogP contribution in [0.5, 0.6) is 0 Å². The molecular formula is C19H15N3. The van der Waals surface area contributed by atoms with Crippen molar-refractivity contribution in [3.63, 3.8) is 0 Å². The summed E-state index contributed by atoms with van der Waals surface area (Å²) in [6.45, 7) is 0. The van der Waals surface area contributed by atoms with Crippen LogP contribution in [0.15, 0.2) is 72.8 Å². The fourth-order valence-corrected chi connectivity index (χ4v) is 2.66. The Morgan fingerprint density at radius 3 is 2.36 bits per heavy atom. The van der Waals surface area contributed by atoms with Crippen LogP contribution in [-0.4, -0.2) is 9.97 Å². The first kappa shape index (κ1) is 12.7. The molecule has 0 amide bonds. The molecule has 3 nitrogen and oxygen atoms in total. The summed E-state index contributed by atoms with van der Waals surface area (Å²) in [4.78, 5) is 8.01. The number of nitrogens with two attached hydrogens (primary N) is 1. The molecular weight excluding hydrogens is 270 g/mol. The Bertz CT molecular complexity index is 939. The third-order valence-electron chi connectivity index (χ3n) is 3.80. The molecule has 0 aliphatic heterocycles. The largest absolute Gasteiger partial charge is 0.398 e. The average molecular weight is 285 g/mol. The van der Waals surface area contributed by atoms with Crippen molar-refractivity contribution in [2.75, 3.05) is 5.73 Å². The lowest BCUT2D eigenvalue weighted by Crippen LogP contribution is -1.90. The molecule has 1 aromatic heterocycles. The maximum Gasteiger partial charge on any atom is 0.140 e. The molecule has 4 rings (SSSR count).